The maximum atomic E-state index is 13.1. The molecule has 92 heavy (non-hydrogen) atoms. The van der Waals surface area contributed by atoms with E-state index in [9.17, 15) is 43.2 Å². The predicted octanol–water partition coefficient (Wildman–Crippen LogP) is 21.0. The first-order chi connectivity index (χ1) is 44.3. The van der Waals surface area contributed by atoms with Crippen LogP contribution in [0.4, 0.5) is 0 Å². The Balaban J connectivity index is 5.15. The van der Waals surface area contributed by atoms with Crippen molar-refractivity contribution in [1.82, 2.24) is 0 Å². The largest absolute Gasteiger partial charge is 0.472 e. The molecule has 0 bridgehead atoms. The van der Waals surface area contributed by atoms with Crippen LogP contribution in [0.3, 0.4) is 0 Å². The number of hydrogen-bond acceptors (Lipinski definition) is 15. The molecule has 0 fully saturated rings. The van der Waals surface area contributed by atoms with Crippen molar-refractivity contribution in [2.45, 2.75) is 388 Å². The molecular weight excluding hydrogens is 1210 g/mol. The van der Waals surface area contributed by atoms with E-state index >= 15 is 0 Å². The Morgan fingerprint density at radius 3 is 0.826 bits per heavy atom. The van der Waals surface area contributed by atoms with Crippen LogP contribution in [0.2, 0.25) is 0 Å². The number of hydrogen-bond donors (Lipinski definition) is 3. The SMILES string of the molecule is CCCCCCCC(=O)OC[C@H](COP(=O)(O)OC[C@H](O)COP(=O)(O)OC[C@@H](COC(=O)CCCCCCCCCCCCCCCC(C)C)OC(=O)CCCCCCCCCCCCCCCCCCC(C)C)OC(=O)CCCCCCCCCCC(C)CC. The number of aliphatic hydroxyl groups excluding tert-OH is 1. The Morgan fingerprint density at radius 1 is 0.315 bits per heavy atom. The highest BCUT2D eigenvalue weighted by molar-refractivity contribution is 7.47. The summed E-state index contributed by atoms with van der Waals surface area (Å²) in [7, 11) is -9.90. The highest BCUT2D eigenvalue weighted by Crippen LogP contribution is 2.45. The summed E-state index contributed by atoms with van der Waals surface area (Å²) in [6, 6.07) is 0. The van der Waals surface area contributed by atoms with Gasteiger partial charge in [-0.25, -0.2) is 9.13 Å². The fraction of sp³-hybridized carbons (Fsp3) is 0.945. The zero-order valence-electron chi connectivity index (χ0n) is 60.0. The lowest BCUT2D eigenvalue weighted by molar-refractivity contribution is -0.161. The standard InChI is InChI=1S/C73H142O17P2/c1-8-10-11-37-47-54-70(75)83-60-68(89-73(78)57-50-43-36-30-29-33-40-46-53-66(7)9-2)62-87-91(79,80)85-58-67(74)59-86-92(81,82)88-63-69(61-84-71(76)55-48-41-34-27-23-20-16-18-22-26-32-39-45-52-65(5)6)90-72(77)56-49-42-35-28-24-19-15-13-12-14-17-21-25-31-38-44-51-64(3)4/h64-69,74H,8-63H2,1-7H3,(H,79,80)(H,81,82)/t66?,67-,68+,69+/m0/s1. The minimum Gasteiger partial charge on any atom is -0.462 e. The zero-order chi connectivity index (χ0) is 68.0. The molecule has 3 N–H and O–H groups in total. The van der Waals surface area contributed by atoms with Crippen LogP contribution in [0.25, 0.3) is 0 Å². The molecule has 0 amide bonds. The molecule has 0 saturated carbocycles. The molecule has 3 unspecified atom stereocenters. The first kappa shape index (κ1) is 90.1. The minimum absolute atomic E-state index is 0.104. The fourth-order valence-electron chi connectivity index (χ4n) is 11.0. The van der Waals surface area contributed by atoms with Gasteiger partial charge in [-0.05, 0) is 43.4 Å². The Morgan fingerprint density at radius 2 is 0.554 bits per heavy atom. The smallest absolute Gasteiger partial charge is 0.462 e. The van der Waals surface area contributed by atoms with Crippen LogP contribution in [-0.4, -0.2) is 96.7 Å². The summed E-state index contributed by atoms with van der Waals surface area (Å²) in [6.45, 7) is 11.8. The number of rotatable bonds is 71. The van der Waals surface area contributed by atoms with E-state index in [0.29, 0.717) is 25.7 Å². The van der Waals surface area contributed by atoms with E-state index in [1.807, 2.05) is 0 Å². The number of unbranched alkanes of at least 4 members (excludes halogenated alkanes) is 38. The maximum absolute atomic E-state index is 13.1. The van der Waals surface area contributed by atoms with Gasteiger partial charge in [0.25, 0.3) is 0 Å². The summed E-state index contributed by atoms with van der Waals surface area (Å²) in [4.78, 5) is 72.4. The first-order valence-electron chi connectivity index (χ1n) is 37.9. The zero-order valence-corrected chi connectivity index (χ0v) is 61.8. The number of phosphoric acid groups is 2. The van der Waals surface area contributed by atoms with E-state index in [0.717, 1.165) is 114 Å². The van der Waals surface area contributed by atoms with Crippen molar-refractivity contribution in [2.24, 2.45) is 17.8 Å². The van der Waals surface area contributed by atoms with Crippen LogP contribution in [0.5, 0.6) is 0 Å². The Labute approximate surface area is 562 Å². The molecule has 0 saturated heterocycles. The second kappa shape index (κ2) is 63.8. The Bertz CT molecular complexity index is 1800. The third-order valence-electron chi connectivity index (χ3n) is 17.2. The van der Waals surface area contributed by atoms with E-state index in [1.54, 1.807) is 0 Å². The first-order valence-corrected chi connectivity index (χ1v) is 40.9. The monoisotopic (exact) mass is 1350 g/mol. The van der Waals surface area contributed by atoms with Crippen molar-refractivity contribution in [3.63, 3.8) is 0 Å². The van der Waals surface area contributed by atoms with Gasteiger partial charge in [0.15, 0.2) is 12.2 Å². The maximum Gasteiger partial charge on any atom is 0.472 e. The number of carbonyl (C=O) groups is 4. The van der Waals surface area contributed by atoms with Crippen molar-refractivity contribution < 1.29 is 80.2 Å². The molecule has 6 atom stereocenters. The molecule has 0 rings (SSSR count). The van der Waals surface area contributed by atoms with Crippen LogP contribution in [-0.2, 0) is 65.4 Å². The molecule has 0 aliphatic rings. The summed E-state index contributed by atoms with van der Waals surface area (Å²) in [5.74, 6) is 0.236. The van der Waals surface area contributed by atoms with Crippen molar-refractivity contribution in [3.05, 3.63) is 0 Å². The van der Waals surface area contributed by atoms with Gasteiger partial charge in [-0.3, -0.25) is 37.3 Å². The molecule has 546 valence electrons. The van der Waals surface area contributed by atoms with Crippen molar-refractivity contribution >= 4 is 39.5 Å². The van der Waals surface area contributed by atoms with Gasteiger partial charge in [-0.1, -0.05) is 318 Å². The van der Waals surface area contributed by atoms with Gasteiger partial charge in [-0.15, -0.1) is 0 Å². The predicted molar refractivity (Wildman–Crippen MR) is 372 cm³/mol. The van der Waals surface area contributed by atoms with Crippen LogP contribution >= 0.6 is 15.6 Å². The summed E-state index contributed by atoms with van der Waals surface area (Å²) in [5.41, 5.74) is 0. The fourth-order valence-corrected chi connectivity index (χ4v) is 12.6. The molecule has 19 heteroatoms. The third kappa shape index (κ3) is 65.4. The molecule has 0 aromatic carbocycles. The van der Waals surface area contributed by atoms with Crippen molar-refractivity contribution in [2.75, 3.05) is 39.6 Å². The Hall–Kier alpha value is -1.94. The van der Waals surface area contributed by atoms with Gasteiger partial charge in [0.05, 0.1) is 26.4 Å². The van der Waals surface area contributed by atoms with E-state index in [2.05, 4.69) is 48.5 Å². The van der Waals surface area contributed by atoms with Crippen LogP contribution in [0, 0.1) is 17.8 Å². The van der Waals surface area contributed by atoms with E-state index in [4.69, 9.17) is 37.0 Å². The number of esters is 4. The van der Waals surface area contributed by atoms with Crippen molar-refractivity contribution in [1.29, 1.82) is 0 Å². The van der Waals surface area contributed by atoms with Crippen LogP contribution < -0.4 is 0 Å². The van der Waals surface area contributed by atoms with Gasteiger partial charge in [0.1, 0.15) is 19.3 Å². The quantitative estimate of drug-likeness (QED) is 0.0222. The van der Waals surface area contributed by atoms with Gasteiger partial charge >= 0.3 is 39.5 Å². The normalized spacial score (nSPS) is 14.4. The lowest BCUT2D eigenvalue weighted by atomic mass is 9.99. The highest BCUT2D eigenvalue weighted by Gasteiger charge is 2.30. The van der Waals surface area contributed by atoms with E-state index in [1.165, 1.54) is 173 Å². The molecular formula is C73H142O17P2. The number of aliphatic hydroxyl groups is 1. The lowest BCUT2D eigenvalue weighted by Crippen LogP contribution is -2.30. The third-order valence-corrected chi connectivity index (χ3v) is 19.1. The average molecular weight is 1350 g/mol. The topological polar surface area (TPSA) is 237 Å². The summed E-state index contributed by atoms with van der Waals surface area (Å²) in [5, 5.41) is 10.6. The summed E-state index contributed by atoms with van der Waals surface area (Å²) < 4.78 is 68.2. The van der Waals surface area contributed by atoms with Gasteiger partial charge in [0.2, 0.25) is 0 Å². The number of carbonyl (C=O) groups excluding carboxylic acids is 4. The van der Waals surface area contributed by atoms with Gasteiger partial charge in [-0.2, -0.15) is 0 Å². The molecule has 0 aromatic heterocycles. The van der Waals surface area contributed by atoms with Crippen LogP contribution in [0.1, 0.15) is 370 Å². The summed E-state index contributed by atoms with van der Waals surface area (Å²) >= 11 is 0. The second-order valence-electron chi connectivity index (χ2n) is 27.5. The molecule has 0 aliphatic carbocycles. The van der Waals surface area contributed by atoms with E-state index in [-0.39, 0.29) is 25.7 Å². The minimum atomic E-state index is -4.95. The number of phosphoric ester groups is 2. The molecule has 0 aliphatic heterocycles. The second-order valence-corrected chi connectivity index (χ2v) is 30.4. The lowest BCUT2D eigenvalue weighted by Gasteiger charge is -2.21. The van der Waals surface area contributed by atoms with Crippen LogP contribution in [0.15, 0.2) is 0 Å². The van der Waals surface area contributed by atoms with Gasteiger partial charge in [0, 0.05) is 25.7 Å². The summed E-state index contributed by atoms with van der Waals surface area (Å²) in [6.07, 6.45) is 49.0. The molecule has 0 heterocycles. The molecule has 0 spiro atoms. The van der Waals surface area contributed by atoms with Gasteiger partial charge < -0.3 is 33.8 Å². The van der Waals surface area contributed by atoms with E-state index < -0.39 is 97.5 Å². The van der Waals surface area contributed by atoms with Crippen molar-refractivity contribution in [3.8, 4) is 0 Å². The highest BCUT2D eigenvalue weighted by atomic mass is 31.2. The molecule has 0 radical (unpaired) electrons. The molecule has 0 aromatic rings. The Kier molecular flexibility index (Phi) is 62.4. The molecule has 17 nitrogen and oxygen atoms in total. The average Bonchev–Trinajstić information content (AvgIpc) is 2.24. The number of ether oxygens (including phenoxy) is 4.